The molecule has 3 nitrogen and oxygen atoms in total. The maximum Gasteiger partial charge on any atom is 0.223 e. The molecule has 0 spiro atoms. The highest BCUT2D eigenvalue weighted by molar-refractivity contribution is 5.85. The lowest BCUT2D eigenvalue weighted by Gasteiger charge is -2.36. The van der Waals surface area contributed by atoms with Crippen molar-refractivity contribution in [1.29, 1.82) is 0 Å². The van der Waals surface area contributed by atoms with Crippen LogP contribution in [0.3, 0.4) is 0 Å². The summed E-state index contributed by atoms with van der Waals surface area (Å²) in [5.41, 5.74) is 7.01. The highest BCUT2D eigenvalue weighted by atomic mass is 35.5. The third-order valence-corrected chi connectivity index (χ3v) is 5.23. The number of carbonyl (C=O) groups is 1. The molecule has 2 aliphatic rings. The van der Waals surface area contributed by atoms with Crippen LogP contribution in [0.25, 0.3) is 0 Å². The smallest absolute Gasteiger partial charge is 0.223 e. The Morgan fingerprint density at radius 3 is 2.35 bits per heavy atom. The molecule has 23 heavy (non-hydrogen) atoms. The molecule has 0 heterocycles. The summed E-state index contributed by atoms with van der Waals surface area (Å²) in [6, 6.07) is 6.71. The lowest BCUT2D eigenvalue weighted by molar-refractivity contribution is -0.127. The van der Waals surface area contributed by atoms with E-state index in [9.17, 15) is 9.18 Å². The molecule has 1 amide bonds. The van der Waals surface area contributed by atoms with Crippen LogP contribution in [-0.4, -0.2) is 11.9 Å². The summed E-state index contributed by atoms with van der Waals surface area (Å²) in [6.45, 7) is 0. The molecule has 3 rings (SSSR count). The summed E-state index contributed by atoms with van der Waals surface area (Å²) in [7, 11) is 0. The van der Waals surface area contributed by atoms with Gasteiger partial charge in [-0.2, -0.15) is 0 Å². The van der Waals surface area contributed by atoms with Gasteiger partial charge in [0.05, 0.1) is 6.04 Å². The van der Waals surface area contributed by atoms with Crippen molar-refractivity contribution >= 4 is 18.3 Å². The predicted molar refractivity (Wildman–Crippen MR) is 91.8 cm³/mol. The van der Waals surface area contributed by atoms with Gasteiger partial charge in [-0.3, -0.25) is 4.79 Å². The zero-order chi connectivity index (χ0) is 15.5. The average Bonchev–Trinajstić information content (AvgIpc) is 2.45. The Balaban J connectivity index is 0.00000192. The lowest BCUT2D eigenvalue weighted by Crippen LogP contribution is -2.42. The molecule has 3 N–H and O–H groups in total. The Morgan fingerprint density at radius 2 is 1.78 bits per heavy atom. The second-order valence-corrected chi connectivity index (χ2v) is 6.85. The van der Waals surface area contributed by atoms with E-state index >= 15 is 0 Å². The van der Waals surface area contributed by atoms with Crippen LogP contribution in [0.15, 0.2) is 24.3 Å². The quantitative estimate of drug-likeness (QED) is 0.877. The van der Waals surface area contributed by atoms with Crippen LogP contribution < -0.4 is 11.1 Å². The normalized spacial score (nSPS) is 25.8. The number of halogens is 2. The molecular formula is C18H26ClFN2O. The van der Waals surface area contributed by atoms with E-state index < -0.39 is 0 Å². The van der Waals surface area contributed by atoms with Gasteiger partial charge in [0, 0.05) is 12.0 Å². The largest absolute Gasteiger partial charge is 0.349 e. The van der Waals surface area contributed by atoms with Gasteiger partial charge in [0.25, 0.3) is 0 Å². The summed E-state index contributed by atoms with van der Waals surface area (Å²) in [4.78, 5) is 12.6. The maximum atomic E-state index is 13.1. The molecule has 1 aromatic rings. The molecule has 3 unspecified atom stereocenters. The monoisotopic (exact) mass is 340 g/mol. The number of hydrogen-bond acceptors (Lipinski definition) is 2. The van der Waals surface area contributed by atoms with Gasteiger partial charge in [-0.25, -0.2) is 4.39 Å². The van der Waals surface area contributed by atoms with Crippen LogP contribution in [0.5, 0.6) is 0 Å². The average molecular weight is 341 g/mol. The molecule has 0 aromatic heterocycles. The summed E-state index contributed by atoms with van der Waals surface area (Å²) in [5, 5.41) is 3.23. The number of nitrogens with one attached hydrogen (secondary N) is 1. The first-order valence-electron chi connectivity index (χ1n) is 8.45. The Kier molecular flexibility index (Phi) is 6.42. The zero-order valence-electron chi connectivity index (χ0n) is 13.3. The number of carbonyl (C=O) groups excluding carboxylic acids is 1. The summed E-state index contributed by atoms with van der Waals surface area (Å²) in [6.07, 6.45) is 7.25. The van der Waals surface area contributed by atoms with Gasteiger partial charge >= 0.3 is 0 Å². The summed E-state index contributed by atoms with van der Waals surface area (Å²) < 4.78 is 13.1. The van der Waals surface area contributed by atoms with Crippen molar-refractivity contribution in [1.82, 2.24) is 5.32 Å². The second-order valence-electron chi connectivity index (χ2n) is 6.85. The number of benzene rings is 1. The summed E-state index contributed by atoms with van der Waals surface area (Å²) in [5.74, 6) is 0.399. The van der Waals surface area contributed by atoms with Gasteiger partial charge in [-0.1, -0.05) is 25.0 Å². The van der Waals surface area contributed by atoms with Crippen molar-refractivity contribution in [2.45, 2.75) is 57.0 Å². The van der Waals surface area contributed by atoms with Crippen LogP contribution in [0.2, 0.25) is 0 Å². The van der Waals surface area contributed by atoms with E-state index in [2.05, 4.69) is 5.32 Å². The molecule has 3 atom stereocenters. The Morgan fingerprint density at radius 1 is 1.13 bits per heavy atom. The van der Waals surface area contributed by atoms with Crippen molar-refractivity contribution < 1.29 is 9.18 Å². The first-order valence-corrected chi connectivity index (χ1v) is 8.45. The molecule has 0 saturated heterocycles. The first-order chi connectivity index (χ1) is 10.6. The van der Waals surface area contributed by atoms with Gasteiger partial charge in [-0.05, 0) is 55.7 Å². The van der Waals surface area contributed by atoms with Crippen molar-refractivity contribution in [2.75, 3.05) is 0 Å². The highest BCUT2D eigenvalue weighted by Crippen LogP contribution is 2.38. The van der Waals surface area contributed by atoms with Crippen molar-refractivity contribution in [2.24, 2.45) is 17.6 Å². The molecule has 2 aliphatic carbocycles. The summed E-state index contributed by atoms with van der Waals surface area (Å²) >= 11 is 0. The Labute approximate surface area is 143 Å². The molecule has 2 saturated carbocycles. The maximum absolute atomic E-state index is 13.1. The molecule has 5 heteroatoms. The van der Waals surface area contributed by atoms with E-state index in [1.165, 1.54) is 18.6 Å². The van der Waals surface area contributed by atoms with Crippen molar-refractivity contribution in [3.63, 3.8) is 0 Å². The van der Waals surface area contributed by atoms with Crippen molar-refractivity contribution in [3.8, 4) is 0 Å². The lowest BCUT2D eigenvalue weighted by atomic mass is 9.76. The first kappa shape index (κ1) is 18.2. The third kappa shape index (κ3) is 4.45. The van der Waals surface area contributed by atoms with E-state index in [1.807, 2.05) is 0 Å². The second kappa shape index (κ2) is 8.11. The van der Waals surface area contributed by atoms with Crippen molar-refractivity contribution in [3.05, 3.63) is 35.6 Å². The van der Waals surface area contributed by atoms with Gasteiger partial charge in [0.2, 0.25) is 5.91 Å². The standard InChI is InChI=1S/C18H25FN2O.ClH/c19-15-9-7-13(8-10-15)17(12-3-1-4-12)21-18(22)14-5-2-6-16(20)11-14;/h7-10,12,14,16-17H,1-6,11,20H2,(H,21,22);1H. The fraction of sp³-hybridized carbons (Fsp3) is 0.611. The Bertz CT molecular complexity index is 518. The number of rotatable bonds is 4. The molecule has 2 fully saturated rings. The van der Waals surface area contributed by atoms with E-state index in [-0.39, 0.29) is 42.1 Å². The Hall–Kier alpha value is -1.13. The van der Waals surface area contributed by atoms with E-state index in [4.69, 9.17) is 5.73 Å². The predicted octanol–water partition coefficient (Wildman–Crippen LogP) is 3.72. The minimum absolute atomic E-state index is 0. The van der Waals surface area contributed by atoms with Gasteiger partial charge in [0.1, 0.15) is 5.82 Å². The molecule has 1 aromatic carbocycles. The minimum atomic E-state index is -0.235. The minimum Gasteiger partial charge on any atom is -0.349 e. The van der Waals surface area contributed by atoms with Crippen LogP contribution in [0, 0.1) is 17.7 Å². The SMILES string of the molecule is Cl.NC1CCCC(C(=O)NC(c2ccc(F)cc2)C2CCC2)C1. The molecular weight excluding hydrogens is 315 g/mol. The van der Waals surface area contributed by atoms with Crippen LogP contribution >= 0.6 is 12.4 Å². The fourth-order valence-corrected chi connectivity index (χ4v) is 3.65. The molecule has 0 bridgehead atoms. The third-order valence-electron chi connectivity index (χ3n) is 5.23. The fourth-order valence-electron chi connectivity index (χ4n) is 3.65. The highest BCUT2D eigenvalue weighted by Gasteiger charge is 2.32. The molecule has 128 valence electrons. The van der Waals surface area contributed by atoms with Gasteiger partial charge in [-0.15, -0.1) is 12.4 Å². The van der Waals surface area contributed by atoms with Gasteiger partial charge < -0.3 is 11.1 Å². The molecule has 0 aliphatic heterocycles. The van der Waals surface area contributed by atoms with E-state index in [0.29, 0.717) is 5.92 Å². The van der Waals surface area contributed by atoms with E-state index in [0.717, 1.165) is 44.1 Å². The van der Waals surface area contributed by atoms with Crippen LogP contribution in [0.1, 0.15) is 56.6 Å². The van der Waals surface area contributed by atoms with Gasteiger partial charge in [0.15, 0.2) is 0 Å². The zero-order valence-corrected chi connectivity index (χ0v) is 14.2. The molecule has 0 radical (unpaired) electrons. The topological polar surface area (TPSA) is 55.1 Å². The van der Waals surface area contributed by atoms with Crippen LogP contribution in [-0.2, 0) is 4.79 Å². The van der Waals surface area contributed by atoms with E-state index in [1.54, 1.807) is 12.1 Å². The van der Waals surface area contributed by atoms with Crippen LogP contribution in [0.4, 0.5) is 4.39 Å². The number of hydrogen-bond donors (Lipinski definition) is 2. The number of amides is 1. The number of nitrogens with two attached hydrogens (primary N) is 1.